The van der Waals surface area contributed by atoms with E-state index in [0.717, 1.165) is 11.3 Å². The van der Waals surface area contributed by atoms with E-state index in [9.17, 15) is 19.2 Å². The number of hydrogen-bond donors (Lipinski definition) is 0. The molecule has 0 N–H and O–H groups in total. The second-order valence-corrected chi connectivity index (χ2v) is 11.3. The zero-order chi connectivity index (χ0) is 31.5. The maximum Gasteiger partial charge on any atom is 0.308 e. The second-order valence-electron chi connectivity index (χ2n) is 11.3. The van der Waals surface area contributed by atoms with Crippen LogP contribution in [0.3, 0.4) is 0 Å². The van der Waals surface area contributed by atoms with E-state index < -0.39 is 29.4 Å². The van der Waals surface area contributed by atoms with Gasteiger partial charge in [-0.05, 0) is 42.0 Å². The number of rotatable bonds is 6. The quantitative estimate of drug-likeness (QED) is 0.116. The number of anilines is 1. The van der Waals surface area contributed by atoms with Gasteiger partial charge in [0.15, 0.2) is 28.8 Å². The van der Waals surface area contributed by atoms with Crippen LogP contribution in [0.15, 0.2) is 97.1 Å². The summed E-state index contributed by atoms with van der Waals surface area (Å²) in [7, 11) is 3.02. The zero-order valence-corrected chi connectivity index (χ0v) is 24.9. The van der Waals surface area contributed by atoms with E-state index >= 15 is 0 Å². The summed E-state index contributed by atoms with van der Waals surface area (Å²) in [5.74, 6) is -1.36. The Labute approximate surface area is 259 Å². The molecule has 2 heterocycles. The fraction of sp³-hybridized carbons (Fsp3) is 0.189. The van der Waals surface area contributed by atoms with Crippen LogP contribution < -0.4 is 19.1 Å². The van der Waals surface area contributed by atoms with Gasteiger partial charge in [0.1, 0.15) is 17.2 Å². The second kappa shape index (κ2) is 10.6. The van der Waals surface area contributed by atoms with Gasteiger partial charge in [-0.1, -0.05) is 66.7 Å². The van der Waals surface area contributed by atoms with Crippen LogP contribution in [0.4, 0.5) is 5.69 Å². The van der Waals surface area contributed by atoms with Crippen molar-refractivity contribution in [1.29, 1.82) is 0 Å². The molecule has 3 unspecified atom stereocenters. The van der Waals surface area contributed by atoms with Gasteiger partial charge >= 0.3 is 5.97 Å². The number of ether oxygens (including phenoxy) is 3. The van der Waals surface area contributed by atoms with Crippen LogP contribution in [0, 0.1) is 5.41 Å². The first kappa shape index (κ1) is 28.3. The molecule has 1 spiro atoms. The Morgan fingerprint density at radius 1 is 0.778 bits per heavy atom. The Bertz CT molecular complexity index is 1890. The van der Waals surface area contributed by atoms with Gasteiger partial charge in [0.25, 0.3) is 0 Å². The molecule has 0 amide bonds. The summed E-state index contributed by atoms with van der Waals surface area (Å²) in [6.45, 7) is 1.30. The fourth-order valence-electron chi connectivity index (χ4n) is 7.44. The summed E-state index contributed by atoms with van der Waals surface area (Å²) < 4.78 is 16.8. The minimum atomic E-state index is -1.69. The van der Waals surface area contributed by atoms with Gasteiger partial charge in [0.2, 0.25) is 0 Å². The number of carbonyl (C=O) groups excluding carboxylic acids is 4. The molecule has 0 radical (unpaired) electrons. The average Bonchev–Trinajstić information content (AvgIpc) is 3.50. The molecule has 0 aromatic heterocycles. The minimum Gasteiger partial charge on any atom is -0.493 e. The Morgan fingerprint density at radius 3 is 2.09 bits per heavy atom. The summed E-state index contributed by atoms with van der Waals surface area (Å²) in [5.41, 5.74) is 1.43. The van der Waals surface area contributed by atoms with Crippen molar-refractivity contribution in [2.24, 2.45) is 5.41 Å². The van der Waals surface area contributed by atoms with E-state index in [1.54, 1.807) is 66.7 Å². The van der Waals surface area contributed by atoms with Crippen LogP contribution >= 0.6 is 0 Å². The third-order valence-electron chi connectivity index (χ3n) is 9.15. The summed E-state index contributed by atoms with van der Waals surface area (Å²) in [6.07, 6.45) is 3.79. The number of ketones is 3. The molecule has 2 aliphatic heterocycles. The van der Waals surface area contributed by atoms with Gasteiger partial charge in [-0.3, -0.25) is 19.2 Å². The first-order chi connectivity index (χ1) is 21.8. The van der Waals surface area contributed by atoms with E-state index in [2.05, 4.69) is 0 Å². The van der Waals surface area contributed by atoms with Crippen molar-refractivity contribution in [3.8, 4) is 17.2 Å². The SMILES string of the molecule is COc1cccc(C2C(C(=O)c3ccc(OC(C)=O)cc3)N3c4ccccc4C=CC3C23C(=O)c2ccccc2C3=O)c1OC. The number of hydrogen-bond acceptors (Lipinski definition) is 8. The first-order valence-electron chi connectivity index (χ1n) is 14.6. The molecule has 1 fully saturated rings. The monoisotopic (exact) mass is 599 g/mol. The molecule has 8 nitrogen and oxygen atoms in total. The van der Waals surface area contributed by atoms with Gasteiger partial charge < -0.3 is 19.1 Å². The molecular formula is C37H29NO7. The summed E-state index contributed by atoms with van der Waals surface area (Å²) >= 11 is 0. The highest BCUT2D eigenvalue weighted by molar-refractivity contribution is 6.32. The maximum absolute atomic E-state index is 14.9. The number of para-hydroxylation sites is 2. The lowest BCUT2D eigenvalue weighted by Crippen LogP contribution is -2.48. The molecule has 0 saturated carbocycles. The number of Topliss-reactive ketones (excluding diaryl/α,β-unsaturated/α-hetero) is 3. The van der Waals surface area contributed by atoms with Crippen LogP contribution in [0.5, 0.6) is 17.2 Å². The van der Waals surface area contributed by atoms with Gasteiger partial charge in [-0.25, -0.2) is 0 Å². The van der Waals surface area contributed by atoms with Crippen LogP contribution in [0.1, 0.15) is 55.0 Å². The largest absolute Gasteiger partial charge is 0.493 e. The van der Waals surface area contributed by atoms with E-state index in [4.69, 9.17) is 14.2 Å². The standard InChI is InChI=1S/C37H29NO7/c1-21(39)45-24-18-15-23(16-19-24)33(40)32-31(27-12-8-14-29(43-2)34(27)44-3)37(35(41)25-10-5-6-11-26(25)36(37)42)30-20-17-22-9-4-7-13-28(22)38(30)32/h4-20,30-32H,1-3H3. The Balaban J connectivity index is 1.53. The topological polar surface area (TPSA) is 99.2 Å². The van der Waals surface area contributed by atoms with E-state index in [-0.39, 0.29) is 17.3 Å². The van der Waals surface area contributed by atoms with Crippen molar-refractivity contribution in [3.63, 3.8) is 0 Å². The number of benzene rings is 4. The van der Waals surface area contributed by atoms with E-state index in [0.29, 0.717) is 39.5 Å². The molecule has 1 aliphatic carbocycles. The highest BCUT2D eigenvalue weighted by atomic mass is 16.5. The number of nitrogens with zero attached hydrogens (tertiary/aromatic N) is 1. The van der Waals surface area contributed by atoms with Crippen molar-refractivity contribution in [2.45, 2.75) is 24.9 Å². The summed E-state index contributed by atoms with van der Waals surface area (Å²) in [6, 6.07) is 24.3. The minimum absolute atomic E-state index is 0.300. The molecule has 224 valence electrons. The van der Waals surface area contributed by atoms with Crippen molar-refractivity contribution in [2.75, 3.05) is 19.1 Å². The molecule has 7 rings (SSSR count). The van der Waals surface area contributed by atoms with Crippen LogP contribution in [-0.2, 0) is 4.79 Å². The lowest BCUT2D eigenvalue weighted by Gasteiger charge is -2.37. The van der Waals surface area contributed by atoms with Gasteiger partial charge in [-0.15, -0.1) is 0 Å². The Morgan fingerprint density at radius 2 is 1.44 bits per heavy atom. The maximum atomic E-state index is 14.9. The van der Waals surface area contributed by atoms with Crippen LogP contribution in [-0.4, -0.2) is 49.6 Å². The molecule has 45 heavy (non-hydrogen) atoms. The molecule has 3 aliphatic rings. The van der Waals surface area contributed by atoms with E-state index in [1.807, 2.05) is 41.3 Å². The first-order valence-corrected chi connectivity index (χ1v) is 14.6. The predicted octanol–water partition coefficient (Wildman–Crippen LogP) is 5.95. The molecule has 4 aromatic carbocycles. The normalized spacial score (nSPS) is 20.4. The smallest absolute Gasteiger partial charge is 0.308 e. The molecule has 8 heteroatoms. The Kier molecular flexibility index (Phi) is 6.66. The van der Waals surface area contributed by atoms with Gasteiger partial charge in [0.05, 0.1) is 20.3 Å². The van der Waals surface area contributed by atoms with Crippen LogP contribution in [0.2, 0.25) is 0 Å². The van der Waals surface area contributed by atoms with Crippen molar-refractivity contribution in [3.05, 3.63) is 125 Å². The lowest BCUT2D eigenvalue weighted by atomic mass is 9.64. The predicted molar refractivity (Wildman–Crippen MR) is 167 cm³/mol. The van der Waals surface area contributed by atoms with Crippen molar-refractivity contribution >= 4 is 35.1 Å². The molecule has 3 atom stereocenters. The Hall–Kier alpha value is -5.50. The number of esters is 1. The highest BCUT2D eigenvalue weighted by Gasteiger charge is 2.72. The summed E-state index contributed by atoms with van der Waals surface area (Å²) in [5, 5.41) is 0. The fourth-order valence-corrected chi connectivity index (χ4v) is 7.44. The summed E-state index contributed by atoms with van der Waals surface area (Å²) in [4.78, 5) is 58.2. The third kappa shape index (κ3) is 3.98. The lowest BCUT2D eigenvalue weighted by molar-refractivity contribution is -0.131. The molecule has 1 saturated heterocycles. The molecular weight excluding hydrogens is 570 g/mol. The van der Waals surface area contributed by atoms with E-state index in [1.165, 1.54) is 21.1 Å². The van der Waals surface area contributed by atoms with Gasteiger partial charge in [0, 0.05) is 40.8 Å². The average molecular weight is 600 g/mol. The van der Waals surface area contributed by atoms with Crippen molar-refractivity contribution < 1.29 is 33.4 Å². The third-order valence-corrected chi connectivity index (χ3v) is 9.15. The van der Waals surface area contributed by atoms with Crippen molar-refractivity contribution in [1.82, 2.24) is 0 Å². The number of methoxy groups -OCH3 is 2. The molecule has 0 bridgehead atoms. The highest BCUT2D eigenvalue weighted by Crippen LogP contribution is 2.62. The number of fused-ring (bicyclic) bond motifs is 5. The van der Waals surface area contributed by atoms with Crippen LogP contribution in [0.25, 0.3) is 6.08 Å². The molecule has 4 aromatic rings. The zero-order valence-electron chi connectivity index (χ0n) is 24.9. The number of carbonyl (C=O) groups is 4. The van der Waals surface area contributed by atoms with Gasteiger partial charge in [-0.2, -0.15) is 0 Å².